The third kappa shape index (κ3) is 43.6. The van der Waals surface area contributed by atoms with Crippen molar-refractivity contribution in [2.24, 2.45) is 0 Å². The maximum absolute atomic E-state index is 10.7. The van der Waals surface area contributed by atoms with Gasteiger partial charge in [-0.05, 0) is 6.42 Å². The molecule has 0 spiro atoms. The van der Waals surface area contributed by atoms with Crippen molar-refractivity contribution < 1.29 is 86.5 Å². The maximum Gasteiger partial charge on any atom is 1.00 e. The summed E-state index contributed by atoms with van der Waals surface area (Å²) >= 11 is 0. The van der Waals surface area contributed by atoms with Gasteiger partial charge in [-0.25, -0.2) is 0 Å². The Labute approximate surface area is 190 Å². The molecular weight excluding hydrogens is 356 g/mol. The van der Waals surface area contributed by atoms with E-state index >= 15 is 0 Å². The van der Waals surface area contributed by atoms with Gasteiger partial charge in [-0.1, -0.05) is 64.7 Å². The third-order valence-corrected chi connectivity index (χ3v) is 3.00. The summed E-state index contributed by atoms with van der Waals surface area (Å²) < 4.78 is 34.1. The van der Waals surface area contributed by atoms with E-state index in [1.54, 1.807) is 0 Å². The molecule has 0 aromatic carbocycles. The Kier molecular flexibility index (Phi) is 33.3. The number of rotatable bonds is 12. The fraction of sp³-hybridized carbons (Fsp3) is 0.929. The van der Waals surface area contributed by atoms with Crippen molar-refractivity contribution in [2.75, 3.05) is 13.2 Å². The first-order valence-corrected chi connectivity index (χ1v) is 9.18. The molecule has 10 heteroatoms. The van der Waals surface area contributed by atoms with E-state index in [1.807, 2.05) is 0 Å². The van der Waals surface area contributed by atoms with Crippen molar-refractivity contribution >= 4 is 16.3 Å². The minimum atomic E-state index is -5.17. The molecule has 0 aliphatic rings. The number of nitrogens with one attached hydrogen (secondary N) is 1. The van der Waals surface area contributed by atoms with Gasteiger partial charge >= 0.3 is 59.1 Å². The Balaban J connectivity index is -0.000000250. The summed E-state index contributed by atoms with van der Waals surface area (Å²) in [4.78, 5) is 10.7. The number of aliphatic hydroxyl groups excluding tert-OH is 1. The zero-order chi connectivity index (χ0) is 17.3. The molecule has 24 heavy (non-hydrogen) atoms. The van der Waals surface area contributed by atoms with Crippen molar-refractivity contribution in [2.45, 2.75) is 71.1 Å². The summed E-state index contributed by atoms with van der Waals surface area (Å²) in [5.41, 5.74) is 0. The Morgan fingerprint density at radius 1 is 0.875 bits per heavy atom. The topological polar surface area (TPSA) is 130 Å². The van der Waals surface area contributed by atoms with Gasteiger partial charge < -0.3 is 19.5 Å². The Bertz CT molecular complexity index is 347. The van der Waals surface area contributed by atoms with Gasteiger partial charge in [0.05, 0.1) is 0 Å². The number of aliphatic hydroxyl groups is 1. The molecule has 0 atom stereocenters. The van der Waals surface area contributed by atoms with E-state index < -0.39 is 17.0 Å². The number of amides is 1. The van der Waals surface area contributed by atoms with Gasteiger partial charge in [-0.15, -0.1) is 0 Å². The summed E-state index contributed by atoms with van der Waals surface area (Å²) in [6.07, 6.45) is 13.0. The van der Waals surface area contributed by atoms with Gasteiger partial charge in [-0.2, -0.15) is 0 Å². The first-order chi connectivity index (χ1) is 10.3. The quantitative estimate of drug-likeness (QED) is 0.151. The minimum Gasteiger partial charge on any atom is -0.759 e. The molecule has 134 valence electrons. The zero-order valence-electron chi connectivity index (χ0n) is 15.4. The van der Waals surface area contributed by atoms with Crippen LogP contribution in [0.4, 0.5) is 0 Å². The largest absolute Gasteiger partial charge is 1.00 e. The maximum atomic E-state index is 10.7. The van der Waals surface area contributed by atoms with Crippen molar-refractivity contribution in [3.8, 4) is 0 Å². The Hall–Kier alpha value is 1.30. The molecular formula is C14H29NNa2O6S. The van der Waals surface area contributed by atoms with Crippen LogP contribution in [0.15, 0.2) is 0 Å². The Morgan fingerprint density at radius 2 is 1.21 bits per heavy atom. The van der Waals surface area contributed by atoms with Gasteiger partial charge in [0.1, 0.15) is 6.61 Å². The normalized spacial score (nSPS) is 9.83. The molecule has 0 unspecified atom stereocenters. The van der Waals surface area contributed by atoms with E-state index in [-0.39, 0.29) is 65.0 Å². The second kappa shape index (κ2) is 24.3. The van der Waals surface area contributed by atoms with Crippen LogP contribution in [0.1, 0.15) is 71.1 Å². The van der Waals surface area contributed by atoms with Gasteiger partial charge in [0, 0.05) is 16.9 Å². The van der Waals surface area contributed by atoms with Gasteiger partial charge in [0.15, 0.2) is 0 Å². The van der Waals surface area contributed by atoms with Gasteiger partial charge in [0.2, 0.25) is 5.91 Å². The van der Waals surface area contributed by atoms with E-state index in [1.165, 1.54) is 57.8 Å². The molecule has 0 radical (unpaired) electrons. The molecule has 0 aliphatic carbocycles. The summed E-state index contributed by atoms with van der Waals surface area (Å²) in [5.74, 6) is -0.263. The van der Waals surface area contributed by atoms with Crippen LogP contribution >= 0.6 is 0 Å². The zero-order valence-corrected chi connectivity index (χ0v) is 20.2. The molecule has 0 bridgehead atoms. The fourth-order valence-electron chi connectivity index (χ4n) is 1.90. The van der Waals surface area contributed by atoms with Crippen molar-refractivity contribution in [3.05, 3.63) is 0 Å². The van der Waals surface area contributed by atoms with E-state index in [9.17, 15) is 4.79 Å². The number of hydrogen-bond donors (Lipinski definition) is 2. The van der Waals surface area contributed by atoms with Crippen LogP contribution in [0, 0.1) is 0 Å². The monoisotopic (exact) mass is 385 g/mol. The number of carbonyl (C=O) groups excluding carboxylic acids is 1. The number of unbranched alkanes of at least 4 members (excludes halogenated alkanes) is 9. The summed E-state index contributed by atoms with van der Waals surface area (Å²) in [7, 11) is -5.17. The average molecular weight is 385 g/mol. The molecule has 0 saturated heterocycles. The molecule has 0 aliphatic heterocycles. The predicted octanol–water partition coefficient (Wildman–Crippen LogP) is -4.31. The summed E-state index contributed by atoms with van der Waals surface area (Å²) in [6, 6.07) is 0. The SMILES string of the molecule is CCCCCCCCCCCCNC(=O)CO.O=S(=O)([O-])[O-].[Na+].[Na+]. The molecule has 2 N–H and O–H groups in total. The van der Waals surface area contributed by atoms with Gasteiger partial charge in [0.25, 0.3) is 0 Å². The molecule has 0 fully saturated rings. The van der Waals surface area contributed by atoms with Crippen molar-refractivity contribution in [3.63, 3.8) is 0 Å². The molecule has 7 nitrogen and oxygen atoms in total. The Morgan fingerprint density at radius 3 is 1.54 bits per heavy atom. The second-order valence-electron chi connectivity index (χ2n) is 5.10. The number of hydrogen-bond acceptors (Lipinski definition) is 6. The van der Waals surface area contributed by atoms with Crippen LogP contribution in [0.5, 0.6) is 0 Å². The van der Waals surface area contributed by atoms with E-state index in [0.717, 1.165) is 6.42 Å². The van der Waals surface area contributed by atoms with Crippen LogP contribution in [0.3, 0.4) is 0 Å². The van der Waals surface area contributed by atoms with E-state index in [4.69, 9.17) is 22.6 Å². The van der Waals surface area contributed by atoms with Crippen LogP contribution in [-0.2, 0) is 15.2 Å². The van der Waals surface area contributed by atoms with Crippen LogP contribution < -0.4 is 64.4 Å². The third-order valence-electron chi connectivity index (χ3n) is 3.00. The molecule has 0 aromatic heterocycles. The van der Waals surface area contributed by atoms with E-state index in [0.29, 0.717) is 6.54 Å². The predicted molar refractivity (Wildman–Crippen MR) is 82.4 cm³/mol. The summed E-state index contributed by atoms with van der Waals surface area (Å²) in [6.45, 7) is 2.56. The molecule has 0 aromatic rings. The van der Waals surface area contributed by atoms with Crippen LogP contribution in [0.25, 0.3) is 0 Å². The fourth-order valence-corrected chi connectivity index (χ4v) is 1.90. The van der Waals surface area contributed by atoms with Crippen LogP contribution in [0.2, 0.25) is 0 Å². The van der Waals surface area contributed by atoms with Crippen molar-refractivity contribution in [1.29, 1.82) is 0 Å². The van der Waals surface area contributed by atoms with Crippen molar-refractivity contribution in [1.82, 2.24) is 5.32 Å². The second-order valence-corrected chi connectivity index (χ2v) is 5.91. The molecule has 0 heterocycles. The van der Waals surface area contributed by atoms with E-state index in [2.05, 4.69) is 12.2 Å². The van der Waals surface area contributed by atoms with Gasteiger partial charge in [-0.3, -0.25) is 13.2 Å². The smallest absolute Gasteiger partial charge is 0.759 e. The first-order valence-electron chi connectivity index (χ1n) is 7.85. The minimum absolute atomic E-state index is 0. The first kappa shape index (κ1) is 32.9. The molecule has 0 saturated carbocycles. The summed E-state index contributed by atoms with van der Waals surface area (Å²) in [5, 5.41) is 11.2. The standard InChI is InChI=1S/C14H29NO2.2Na.H2O4S/c1-2-3-4-5-6-7-8-9-10-11-12-15-14(17)13-16;;;1-5(2,3)4/h16H,2-13H2,1H3,(H,15,17);;;(H2,1,2,3,4)/q;2*+1;/p-2. The molecule has 1 amide bonds. The van der Waals surface area contributed by atoms with Crippen LogP contribution in [-0.4, -0.2) is 41.7 Å². The molecule has 0 rings (SSSR count). The number of carbonyl (C=O) groups is 1. The average Bonchev–Trinajstić information content (AvgIpc) is 2.42.